The van der Waals surface area contributed by atoms with E-state index in [9.17, 15) is 9.90 Å². The molecule has 4 nitrogen and oxygen atoms in total. The molecule has 0 spiro atoms. The molecule has 1 atom stereocenters. The van der Waals surface area contributed by atoms with Crippen LogP contribution < -0.4 is 5.73 Å². The second kappa shape index (κ2) is 6.06. The van der Waals surface area contributed by atoms with Crippen molar-refractivity contribution in [2.75, 3.05) is 6.54 Å². The van der Waals surface area contributed by atoms with Gasteiger partial charge in [-0.15, -0.1) is 0 Å². The SMILES string of the molecule is CC(N)CCCC(=O)N1CCc2ccc(O)cc2C1. The molecule has 0 fully saturated rings. The smallest absolute Gasteiger partial charge is 0.222 e. The number of hydrogen-bond acceptors (Lipinski definition) is 3. The summed E-state index contributed by atoms with van der Waals surface area (Å²) in [5.41, 5.74) is 7.98. The average molecular weight is 262 g/mol. The molecule has 1 aromatic carbocycles. The van der Waals surface area contributed by atoms with Gasteiger partial charge >= 0.3 is 0 Å². The summed E-state index contributed by atoms with van der Waals surface area (Å²) in [6.45, 7) is 3.35. The van der Waals surface area contributed by atoms with Gasteiger partial charge in [0.25, 0.3) is 0 Å². The molecule has 0 aliphatic carbocycles. The lowest BCUT2D eigenvalue weighted by Crippen LogP contribution is -2.35. The van der Waals surface area contributed by atoms with Crippen LogP contribution in [0.15, 0.2) is 18.2 Å². The van der Waals surface area contributed by atoms with Crippen molar-refractivity contribution in [2.45, 2.75) is 45.2 Å². The average Bonchev–Trinajstić information content (AvgIpc) is 2.37. The lowest BCUT2D eigenvalue weighted by molar-refractivity contribution is -0.132. The highest BCUT2D eigenvalue weighted by molar-refractivity contribution is 5.76. The largest absolute Gasteiger partial charge is 0.508 e. The number of fused-ring (bicyclic) bond motifs is 1. The molecule has 3 N–H and O–H groups in total. The Morgan fingerprint density at radius 2 is 2.26 bits per heavy atom. The molecule has 19 heavy (non-hydrogen) atoms. The molecule has 1 unspecified atom stereocenters. The lowest BCUT2D eigenvalue weighted by Gasteiger charge is -2.29. The molecule has 1 aliphatic heterocycles. The number of phenols is 1. The van der Waals surface area contributed by atoms with E-state index in [1.807, 2.05) is 17.9 Å². The molecule has 1 aromatic rings. The predicted octanol–water partition coefficient (Wildman–Crippen LogP) is 1.79. The molecule has 2 rings (SSSR count). The summed E-state index contributed by atoms with van der Waals surface area (Å²) in [7, 11) is 0. The Kier molecular flexibility index (Phi) is 4.43. The van der Waals surface area contributed by atoms with Crippen LogP contribution in [0.4, 0.5) is 0 Å². The molecule has 0 saturated carbocycles. The van der Waals surface area contributed by atoms with Gasteiger partial charge in [0.1, 0.15) is 5.75 Å². The van der Waals surface area contributed by atoms with Crippen LogP contribution in [0.5, 0.6) is 5.75 Å². The third-order valence-corrected chi connectivity index (χ3v) is 3.60. The van der Waals surface area contributed by atoms with Gasteiger partial charge < -0.3 is 15.7 Å². The maximum atomic E-state index is 12.1. The second-order valence-electron chi connectivity index (χ2n) is 5.39. The van der Waals surface area contributed by atoms with Crippen LogP contribution in [0, 0.1) is 0 Å². The Morgan fingerprint density at radius 3 is 3.00 bits per heavy atom. The zero-order valence-corrected chi connectivity index (χ0v) is 11.4. The van der Waals surface area contributed by atoms with E-state index >= 15 is 0 Å². The molecule has 1 aliphatic rings. The number of rotatable bonds is 4. The van der Waals surface area contributed by atoms with Crippen LogP contribution in [0.2, 0.25) is 0 Å². The van der Waals surface area contributed by atoms with E-state index in [0.29, 0.717) is 13.0 Å². The second-order valence-corrected chi connectivity index (χ2v) is 5.39. The Labute approximate surface area is 114 Å². The first-order valence-electron chi connectivity index (χ1n) is 6.90. The van der Waals surface area contributed by atoms with Gasteiger partial charge in [0.05, 0.1) is 0 Å². The van der Waals surface area contributed by atoms with E-state index in [2.05, 4.69) is 0 Å². The lowest BCUT2D eigenvalue weighted by atomic mass is 9.99. The Hall–Kier alpha value is -1.55. The Balaban J connectivity index is 1.92. The van der Waals surface area contributed by atoms with Crippen molar-refractivity contribution in [1.82, 2.24) is 4.90 Å². The number of nitrogens with zero attached hydrogens (tertiary/aromatic N) is 1. The molecule has 1 heterocycles. The summed E-state index contributed by atoms with van der Waals surface area (Å²) in [6.07, 6.45) is 3.17. The minimum absolute atomic E-state index is 0.159. The number of hydrogen-bond donors (Lipinski definition) is 2. The fourth-order valence-electron chi connectivity index (χ4n) is 2.49. The van der Waals surface area contributed by atoms with E-state index in [-0.39, 0.29) is 17.7 Å². The first-order valence-corrected chi connectivity index (χ1v) is 6.90. The van der Waals surface area contributed by atoms with Crippen LogP contribution >= 0.6 is 0 Å². The number of amides is 1. The normalized spacial score (nSPS) is 16.0. The van der Waals surface area contributed by atoms with Gasteiger partial charge in [-0.25, -0.2) is 0 Å². The van der Waals surface area contributed by atoms with Gasteiger partial charge in [0.2, 0.25) is 5.91 Å². The van der Waals surface area contributed by atoms with Gasteiger partial charge in [-0.05, 0) is 49.4 Å². The van der Waals surface area contributed by atoms with E-state index < -0.39 is 0 Å². The van der Waals surface area contributed by atoms with Crippen molar-refractivity contribution in [3.8, 4) is 5.75 Å². The first-order chi connectivity index (χ1) is 9.06. The Bertz CT molecular complexity index is 457. The van der Waals surface area contributed by atoms with Gasteiger partial charge in [-0.1, -0.05) is 6.07 Å². The van der Waals surface area contributed by atoms with E-state index in [4.69, 9.17) is 5.73 Å². The van der Waals surface area contributed by atoms with Crippen molar-refractivity contribution in [3.63, 3.8) is 0 Å². The van der Waals surface area contributed by atoms with Crippen molar-refractivity contribution < 1.29 is 9.90 Å². The zero-order valence-electron chi connectivity index (χ0n) is 11.4. The van der Waals surface area contributed by atoms with E-state index in [1.54, 1.807) is 12.1 Å². The molecule has 1 amide bonds. The highest BCUT2D eigenvalue weighted by Crippen LogP contribution is 2.23. The summed E-state index contributed by atoms with van der Waals surface area (Å²) >= 11 is 0. The monoisotopic (exact) mass is 262 g/mol. The Morgan fingerprint density at radius 1 is 1.47 bits per heavy atom. The predicted molar refractivity (Wildman–Crippen MR) is 74.7 cm³/mol. The molecule has 0 radical (unpaired) electrons. The highest BCUT2D eigenvalue weighted by atomic mass is 16.3. The van der Waals surface area contributed by atoms with Crippen molar-refractivity contribution >= 4 is 5.91 Å². The zero-order chi connectivity index (χ0) is 13.8. The van der Waals surface area contributed by atoms with Gasteiger partial charge in [0, 0.05) is 25.6 Å². The summed E-state index contributed by atoms with van der Waals surface area (Å²) in [5, 5.41) is 9.50. The van der Waals surface area contributed by atoms with Crippen LogP contribution in [-0.4, -0.2) is 28.5 Å². The number of benzene rings is 1. The van der Waals surface area contributed by atoms with Gasteiger partial charge in [-0.2, -0.15) is 0 Å². The molecule has 104 valence electrons. The third-order valence-electron chi connectivity index (χ3n) is 3.60. The summed E-state index contributed by atoms with van der Waals surface area (Å²) in [6, 6.07) is 5.57. The summed E-state index contributed by atoms with van der Waals surface area (Å²) in [4.78, 5) is 14.0. The van der Waals surface area contributed by atoms with E-state index in [0.717, 1.165) is 31.4 Å². The molecule has 0 saturated heterocycles. The van der Waals surface area contributed by atoms with Crippen molar-refractivity contribution in [1.29, 1.82) is 0 Å². The van der Waals surface area contributed by atoms with Crippen molar-refractivity contribution in [2.24, 2.45) is 5.73 Å². The fourth-order valence-corrected chi connectivity index (χ4v) is 2.49. The molecule has 4 heteroatoms. The molecular formula is C15H22N2O2. The van der Waals surface area contributed by atoms with Gasteiger partial charge in [-0.3, -0.25) is 4.79 Å². The third kappa shape index (κ3) is 3.70. The van der Waals surface area contributed by atoms with Crippen LogP contribution in [0.1, 0.15) is 37.3 Å². The number of phenolic OH excluding ortho intramolecular Hbond substituents is 1. The maximum Gasteiger partial charge on any atom is 0.222 e. The molecule has 0 aromatic heterocycles. The van der Waals surface area contributed by atoms with Crippen LogP contribution in [0.25, 0.3) is 0 Å². The minimum atomic E-state index is 0.159. The van der Waals surface area contributed by atoms with Gasteiger partial charge in [0.15, 0.2) is 0 Å². The molecule has 0 bridgehead atoms. The first kappa shape index (κ1) is 13.9. The highest BCUT2D eigenvalue weighted by Gasteiger charge is 2.20. The number of nitrogens with two attached hydrogens (primary N) is 1. The topological polar surface area (TPSA) is 66.6 Å². The fraction of sp³-hybridized carbons (Fsp3) is 0.533. The van der Waals surface area contributed by atoms with E-state index in [1.165, 1.54) is 5.56 Å². The minimum Gasteiger partial charge on any atom is -0.508 e. The quantitative estimate of drug-likeness (QED) is 0.869. The number of carbonyl (C=O) groups is 1. The standard InChI is InChI=1S/C15H22N2O2/c1-11(16)3-2-4-15(19)17-8-7-12-5-6-14(18)9-13(12)10-17/h5-6,9,11,18H,2-4,7-8,10,16H2,1H3. The summed E-state index contributed by atoms with van der Waals surface area (Å²) in [5.74, 6) is 0.458. The maximum absolute atomic E-state index is 12.1. The number of aromatic hydroxyl groups is 1. The van der Waals surface area contributed by atoms with Crippen molar-refractivity contribution in [3.05, 3.63) is 29.3 Å². The molecular weight excluding hydrogens is 240 g/mol. The number of carbonyl (C=O) groups excluding carboxylic acids is 1. The van der Waals surface area contributed by atoms with Crippen LogP contribution in [-0.2, 0) is 17.8 Å². The van der Waals surface area contributed by atoms with Crippen LogP contribution in [0.3, 0.4) is 0 Å². The summed E-state index contributed by atoms with van der Waals surface area (Å²) < 4.78 is 0.